The van der Waals surface area contributed by atoms with Gasteiger partial charge in [-0.3, -0.25) is 9.59 Å². The normalized spacial score (nSPS) is 11.4. The molecule has 0 spiro atoms. The fourth-order valence-corrected chi connectivity index (χ4v) is 3.94. The Kier molecular flexibility index (Phi) is 6.80. The van der Waals surface area contributed by atoms with E-state index in [9.17, 15) is 9.59 Å². The van der Waals surface area contributed by atoms with E-state index < -0.39 is 5.91 Å². The predicted octanol–water partition coefficient (Wildman–Crippen LogP) is 4.09. The molecule has 0 fully saturated rings. The average Bonchev–Trinajstić information content (AvgIpc) is 3.15. The molecule has 0 radical (unpaired) electrons. The van der Waals surface area contributed by atoms with E-state index in [1.807, 2.05) is 11.5 Å². The van der Waals surface area contributed by atoms with E-state index in [-0.39, 0.29) is 22.6 Å². The number of nitrogens with zero attached hydrogens (tertiary/aromatic N) is 3. The second kappa shape index (κ2) is 9.34. The summed E-state index contributed by atoms with van der Waals surface area (Å²) in [5.74, 6) is 0.0653. The highest BCUT2D eigenvalue weighted by Crippen LogP contribution is 2.28. The van der Waals surface area contributed by atoms with Gasteiger partial charge in [0.1, 0.15) is 0 Å². The summed E-state index contributed by atoms with van der Waals surface area (Å²) in [6, 6.07) is 15.0. The van der Waals surface area contributed by atoms with E-state index in [2.05, 4.69) is 60.6 Å². The first-order valence-corrected chi connectivity index (χ1v) is 11.0. The number of hydrogen-bond acceptors (Lipinski definition) is 5. The Labute approximate surface area is 186 Å². The Morgan fingerprint density at radius 1 is 1.06 bits per heavy atom. The second-order valence-corrected chi connectivity index (χ2v) is 9.07. The summed E-state index contributed by atoms with van der Waals surface area (Å²) in [5, 5.41) is 12.0. The maximum atomic E-state index is 12.4. The minimum absolute atomic E-state index is 0.0818. The molecule has 0 atom stereocenters. The van der Waals surface area contributed by atoms with Crippen molar-refractivity contribution < 1.29 is 9.59 Å². The molecule has 0 aliphatic heterocycles. The van der Waals surface area contributed by atoms with Crippen LogP contribution < -0.4 is 11.1 Å². The van der Waals surface area contributed by atoms with Crippen molar-refractivity contribution in [3.63, 3.8) is 0 Å². The molecule has 3 rings (SSSR count). The summed E-state index contributed by atoms with van der Waals surface area (Å²) >= 11 is 1.30. The molecule has 0 saturated carbocycles. The van der Waals surface area contributed by atoms with Crippen molar-refractivity contribution >= 4 is 29.3 Å². The van der Waals surface area contributed by atoms with Crippen LogP contribution in [0.3, 0.4) is 0 Å². The van der Waals surface area contributed by atoms with E-state index in [1.165, 1.54) is 17.3 Å². The Morgan fingerprint density at radius 3 is 2.35 bits per heavy atom. The lowest BCUT2D eigenvalue weighted by atomic mass is 9.87. The van der Waals surface area contributed by atoms with Crippen molar-refractivity contribution in [2.75, 3.05) is 11.1 Å². The molecule has 2 amide bonds. The van der Waals surface area contributed by atoms with E-state index in [4.69, 9.17) is 5.73 Å². The zero-order chi connectivity index (χ0) is 22.6. The molecule has 8 heteroatoms. The number of hydrogen-bond donors (Lipinski definition) is 2. The highest BCUT2D eigenvalue weighted by Gasteiger charge is 2.17. The van der Waals surface area contributed by atoms with Crippen LogP contribution in [0.25, 0.3) is 11.4 Å². The molecule has 3 aromatic rings. The molecule has 3 N–H and O–H groups in total. The number of primary amides is 1. The molecule has 1 aromatic heterocycles. The van der Waals surface area contributed by atoms with Gasteiger partial charge < -0.3 is 15.6 Å². The van der Waals surface area contributed by atoms with Crippen LogP contribution in [0.1, 0.15) is 43.6 Å². The van der Waals surface area contributed by atoms with Crippen molar-refractivity contribution in [3.8, 4) is 11.4 Å². The maximum absolute atomic E-state index is 12.4. The highest BCUT2D eigenvalue weighted by atomic mass is 32.2. The van der Waals surface area contributed by atoms with Gasteiger partial charge in [-0.15, -0.1) is 10.2 Å². The predicted molar refractivity (Wildman–Crippen MR) is 124 cm³/mol. The van der Waals surface area contributed by atoms with Crippen molar-refractivity contribution in [2.45, 2.75) is 44.8 Å². The standard InChI is InChI=1S/C23H27N5O2S/c1-5-28-21(15-10-12-16(13-11-15)23(2,3)4)26-27-22(28)31-14-19(29)25-18-9-7-6-8-17(18)20(24)30/h6-13H,5,14H2,1-4H3,(H2,24,30)(H,25,29). The molecule has 31 heavy (non-hydrogen) atoms. The van der Waals surface area contributed by atoms with Gasteiger partial charge in [-0.1, -0.05) is 68.9 Å². The quantitative estimate of drug-likeness (QED) is 0.542. The fourth-order valence-electron chi connectivity index (χ4n) is 3.14. The van der Waals surface area contributed by atoms with Crippen molar-refractivity contribution in [1.82, 2.24) is 14.8 Å². The highest BCUT2D eigenvalue weighted by molar-refractivity contribution is 7.99. The number of rotatable bonds is 7. The van der Waals surface area contributed by atoms with Gasteiger partial charge in [-0.25, -0.2) is 0 Å². The van der Waals surface area contributed by atoms with Crippen molar-refractivity contribution in [1.29, 1.82) is 0 Å². The summed E-state index contributed by atoms with van der Waals surface area (Å²) in [6.07, 6.45) is 0. The average molecular weight is 438 g/mol. The molecule has 0 aliphatic carbocycles. The molecule has 1 heterocycles. The molecule has 0 bridgehead atoms. The number of carbonyl (C=O) groups is 2. The van der Waals surface area contributed by atoms with Gasteiger partial charge in [0, 0.05) is 12.1 Å². The van der Waals surface area contributed by atoms with Gasteiger partial charge in [0.2, 0.25) is 5.91 Å². The summed E-state index contributed by atoms with van der Waals surface area (Å²) < 4.78 is 1.99. The van der Waals surface area contributed by atoms with Gasteiger partial charge in [0.25, 0.3) is 5.91 Å². The number of anilines is 1. The minimum atomic E-state index is -0.587. The first-order chi connectivity index (χ1) is 14.7. The summed E-state index contributed by atoms with van der Waals surface area (Å²) in [5.41, 5.74) is 8.36. The lowest BCUT2D eigenvalue weighted by molar-refractivity contribution is -0.113. The lowest BCUT2D eigenvalue weighted by Gasteiger charge is -2.19. The fraction of sp³-hybridized carbons (Fsp3) is 0.304. The number of benzene rings is 2. The molecular weight excluding hydrogens is 410 g/mol. The van der Waals surface area contributed by atoms with Gasteiger partial charge in [-0.2, -0.15) is 0 Å². The lowest BCUT2D eigenvalue weighted by Crippen LogP contribution is -2.19. The third-order valence-corrected chi connectivity index (χ3v) is 5.81. The number of carbonyl (C=O) groups excluding carboxylic acids is 2. The molecular formula is C23H27N5O2S. The Morgan fingerprint density at radius 2 is 1.74 bits per heavy atom. The van der Waals surface area contributed by atoms with E-state index >= 15 is 0 Å². The SMILES string of the molecule is CCn1c(SCC(=O)Nc2ccccc2C(N)=O)nnc1-c1ccc(C(C)(C)C)cc1. The van der Waals surface area contributed by atoms with Crippen molar-refractivity contribution in [2.24, 2.45) is 5.73 Å². The van der Waals surface area contributed by atoms with Crippen LogP contribution in [-0.2, 0) is 16.8 Å². The molecule has 2 aromatic carbocycles. The first-order valence-electron chi connectivity index (χ1n) is 10.1. The zero-order valence-corrected chi connectivity index (χ0v) is 19.0. The van der Waals surface area contributed by atoms with Gasteiger partial charge >= 0.3 is 0 Å². The Bertz CT molecular complexity index is 1080. The van der Waals surface area contributed by atoms with Gasteiger partial charge in [0.15, 0.2) is 11.0 Å². The Balaban J connectivity index is 1.72. The topological polar surface area (TPSA) is 103 Å². The van der Waals surface area contributed by atoms with E-state index in [0.29, 0.717) is 17.4 Å². The summed E-state index contributed by atoms with van der Waals surface area (Å²) in [6.45, 7) is 9.23. The van der Waals surface area contributed by atoms with Crippen LogP contribution in [0.4, 0.5) is 5.69 Å². The zero-order valence-electron chi connectivity index (χ0n) is 18.2. The third kappa shape index (κ3) is 5.32. The molecule has 0 unspecified atom stereocenters. The monoisotopic (exact) mass is 437 g/mol. The maximum Gasteiger partial charge on any atom is 0.250 e. The summed E-state index contributed by atoms with van der Waals surface area (Å²) in [7, 11) is 0. The Hall–Kier alpha value is -3.13. The van der Waals surface area contributed by atoms with Crippen LogP contribution in [0.5, 0.6) is 0 Å². The largest absolute Gasteiger partial charge is 0.366 e. The van der Waals surface area contributed by atoms with Crippen LogP contribution in [0.15, 0.2) is 53.7 Å². The smallest absolute Gasteiger partial charge is 0.250 e. The van der Waals surface area contributed by atoms with E-state index in [1.54, 1.807) is 24.3 Å². The molecule has 7 nitrogen and oxygen atoms in total. The van der Waals surface area contributed by atoms with Gasteiger partial charge in [0.05, 0.1) is 17.0 Å². The number of nitrogens with two attached hydrogens (primary N) is 1. The minimum Gasteiger partial charge on any atom is -0.366 e. The molecule has 0 saturated heterocycles. The number of para-hydroxylation sites is 1. The molecule has 0 aliphatic rings. The first kappa shape index (κ1) is 22.6. The van der Waals surface area contributed by atoms with Crippen LogP contribution in [0, 0.1) is 0 Å². The summed E-state index contributed by atoms with van der Waals surface area (Å²) in [4.78, 5) is 24.0. The van der Waals surface area contributed by atoms with Crippen molar-refractivity contribution in [3.05, 3.63) is 59.7 Å². The van der Waals surface area contributed by atoms with Crippen LogP contribution >= 0.6 is 11.8 Å². The number of aromatic nitrogens is 3. The van der Waals surface area contributed by atoms with Crippen LogP contribution in [0.2, 0.25) is 0 Å². The second-order valence-electron chi connectivity index (χ2n) is 8.12. The molecule has 162 valence electrons. The third-order valence-electron chi connectivity index (χ3n) is 4.84. The van der Waals surface area contributed by atoms with Gasteiger partial charge in [-0.05, 0) is 30.0 Å². The number of thioether (sulfide) groups is 1. The van der Waals surface area contributed by atoms with E-state index in [0.717, 1.165) is 11.4 Å². The number of nitrogens with one attached hydrogen (secondary N) is 1. The number of amides is 2. The van der Waals surface area contributed by atoms with Crippen LogP contribution in [-0.4, -0.2) is 32.3 Å².